The van der Waals surface area contributed by atoms with Gasteiger partial charge >= 0.3 is 0 Å². The van der Waals surface area contributed by atoms with Gasteiger partial charge in [-0.3, -0.25) is 9.69 Å². The van der Waals surface area contributed by atoms with Gasteiger partial charge in [-0.2, -0.15) is 11.8 Å². The number of Topliss-reactive ketones (excluding diaryl/α,β-unsaturated/α-hetero) is 1. The molecule has 0 bridgehead atoms. The summed E-state index contributed by atoms with van der Waals surface area (Å²) in [4.78, 5) is 14.1. The molecule has 1 aliphatic heterocycles. The number of hydrogen-bond acceptors (Lipinski definition) is 3. The summed E-state index contributed by atoms with van der Waals surface area (Å²) in [7, 11) is 0. The van der Waals surface area contributed by atoms with Crippen molar-refractivity contribution >= 4 is 17.5 Å². The summed E-state index contributed by atoms with van der Waals surface area (Å²) in [6.07, 6.45) is 0.199. The third-order valence-corrected chi connectivity index (χ3v) is 4.21. The highest BCUT2D eigenvalue weighted by atomic mass is 32.2. The molecule has 1 atom stereocenters. The number of nitrogens with zero attached hydrogens (tertiary/aromatic N) is 1. The van der Waals surface area contributed by atoms with Crippen molar-refractivity contribution in [2.45, 2.75) is 18.6 Å². The standard InChI is InChI=1S/C14H18FNOS/c1-11-9-16(6-7-18-11)10-13(17)8-12-4-2-3-5-14(12)15/h2-5,11H,6-10H2,1H3. The summed E-state index contributed by atoms with van der Waals surface area (Å²) >= 11 is 1.94. The second-order valence-electron chi connectivity index (χ2n) is 4.72. The molecular formula is C14H18FNOS. The van der Waals surface area contributed by atoms with Crippen LogP contribution >= 0.6 is 11.8 Å². The average Bonchev–Trinajstić information content (AvgIpc) is 2.32. The number of hydrogen-bond donors (Lipinski definition) is 0. The van der Waals surface area contributed by atoms with Crippen LogP contribution in [0.2, 0.25) is 0 Å². The molecule has 2 nitrogen and oxygen atoms in total. The van der Waals surface area contributed by atoms with Crippen LogP contribution in [0.5, 0.6) is 0 Å². The van der Waals surface area contributed by atoms with Crippen molar-refractivity contribution in [2.75, 3.05) is 25.4 Å². The van der Waals surface area contributed by atoms with Crippen molar-refractivity contribution in [3.05, 3.63) is 35.6 Å². The molecule has 1 saturated heterocycles. The Morgan fingerprint density at radius 3 is 3.00 bits per heavy atom. The van der Waals surface area contributed by atoms with Gasteiger partial charge in [-0.15, -0.1) is 0 Å². The molecule has 0 saturated carbocycles. The third-order valence-electron chi connectivity index (χ3n) is 3.07. The van der Waals surface area contributed by atoms with Gasteiger partial charge in [-0.25, -0.2) is 4.39 Å². The fourth-order valence-corrected chi connectivity index (χ4v) is 3.28. The molecule has 2 rings (SSSR count). The molecular weight excluding hydrogens is 249 g/mol. The summed E-state index contributed by atoms with van der Waals surface area (Å²) < 4.78 is 13.4. The quantitative estimate of drug-likeness (QED) is 0.835. The number of benzene rings is 1. The highest BCUT2D eigenvalue weighted by Crippen LogP contribution is 2.17. The van der Waals surface area contributed by atoms with Crippen molar-refractivity contribution in [2.24, 2.45) is 0 Å². The van der Waals surface area contributed by atoms with Crippen LogP contribution in [0, 0.1) is 5.82 Å². The summed E-state index contributed by atoms with van der Waals surface area (Å²) in [5.74, 6) is 0.890. The molecule has 0 amide bonds. The van der Waals surface area contributed by atoms with Crippen LogP contribution in [0.15, 0.2) is 24.3 Å². The van der Waals surface area contributed by atoms with Crippen LogP contribution in [-0.2, 0) is 11.2 Å². The Hall–Kier alpha value is -0.870. The van der Waals surface area contributed by atoms with Gasteiger partial charge in [0.15, 0.2) is 5.78 Å². The zero-order chi connectivity index (χ0) is 13.0. The van der Waals surface area contributed by atoms with Crippen LogP contribution in [0.4, 0.5) is 4.39 Å². The maximum atomic E-state index is 13.4. The molecule has 0 radical (unpaired) electrons. The lowest BCUT2D eigenvalue weighted by Gasteiger charge is -2.29. The van der Waals surface area contributed by atoms with E-state index in [1.54, 1.807) is 18.2 Å². The fourth-order valence-electron chi connectivity index (χ4n) is 2.19. The number of thioether (sulfide) groups is 1. The molecule has 4 heteroatoms. The zero-order valence-corrected chi connectivity index (χ0v) is 11.4. The smallest absolute Gasteiger partial charge is 0.151 e. The predicted molar refractivity (Wildman–Crippen MR) is 73.5 cm³/mol. The second-order valence-corrected chi connectivity index (χ2v) is 6.27. The number of ketones is 1. The number of rotatable bonds is 4. The first-order valence-corrected chi connectivity index (χ1v) is 7.29. The number of carbonyl (C=O) groups is 1. The zero-order valence-electron chi connectivity index (χ0n) is 10.6. The largest absolute Gasteiger partial charge is 0.298 e. The molecule has 0 aromatic heterocycles. The minimum absolute atomic E-state index is 0.0965. The molecule has 0 N–H and O–H groups in total. The molecule has 1 unspecified atom stereocenters. The highest BCUT2D eigenvalue weighted by molar-refractivity contribution is 7.99. The van der Waals surface area contributed by atoms with Crippen LogP contribution in [0.25, 0.3) is 0 Å². The van der Waals surface area contributed by atoms with E-state index in [2.05, 4.69) is 11.8 Å². The Morgan fingerprint density at radius 1 is 1.50 bits per heavy atom. The normalized spacial score (nSPS) is 20.9. The molecule has 98 valence electrons. The van der Waals surface area contributed by atoms with Crippen LogP contribution in [0.1, 0.15) is 12.5 Å². The maximum Gasteiger partial charge on any atom is 0.151 e. The van der Waals surface area contributed by atoms with Gasteiger partial charge in [0.2, 0.25) is 0 Å². The topological polar surface area (TPSA) is 20.3 Å². The van der Waals surface area contributed by atoms with Crippen molar-refractivity contribution < 1.29 is 9.18 Å². The maximum absolute atomic E-state index is 13.4. The van der Waals surface area contributed by atoms with Crippen molar-refractivity contribution in [3.63, 3.8) is 0 Å². The first kappa shape index (κ1) is 13.6. The van der Waals surface area contributed by atoms with Gasteiger partial charge in [0.1, 0.15) is 5.82 Å². The predicted octanol–water partition coefficient (Wildman–Crippen LogP) is 2.37. The van der Waals surface area contributed by atoms with Crippen molar-refractivity contribution in [1.82, 2.24) is 4.90 Å². The van der Waals surface area contributed by atoms with E-state index >= 15 is 0 Å². The highest BCUT2D eigenvalue weighted by Gasteiger charge is 2.19. The molecule has 0 spiro atoms. The van der Waals surface area contributed by atoms with Gasteiger partial charge in [0, 0.05) is 30.5 Å². The Balaban J connectivity index is 1.87. The molecule has 18 heavy (non-hydrogen) atoms. The summed E-state index contributed by atoms with van der Waals surface area (Å²) in [6.45, 7) is 4.53. The summed E-state index contributed by atoms with van der Waals surface area (Å²) in [5.41, 5.74) is 0.502. The number of carbonyl (C=O) groups excluding carboxylic acids is 1. The molecule has 1 fully saturated rings. The lowest BCUT2D eigenvalue weighted by Crippen LogP contribution is -2.40. The molecule has 1 aliphatic rings. The SMILES string of the molecule is CC1CN(CC(=O)Cc2ccccc2F)CCS1. The lowest BCUT2D eigenvalue weighted by molar-refractivity contribution is -0.119. The Morgan fingerprint density at radius 2 is 2.28 bits per heavy atom. The fraction of sp³-hybridized carbons (Fsp3) is 0.500. The van der Waals surface area contributed by atoms with Crippen LogP contribution in [-0.4, -0.2) is 41.3 Å². The van der Waals surface area contributed by atoms with Gasteiger partial charge in [0.05, 0.1) is 6.54 Å². The van der Waals surface area contributed by atoms with E-state index in [1.807, 2.05) is 11.8 Å². The molecule has 0 aliphatic carbocycles. The van der Waals surface area contributed by atoms with Gasteiger partial charge in [-0.1, -0.05) is 25.1 Å². The van der Waals surface area contributed by atoms with Crippen LogP contribution < -0.4 is 0 Å². The summed E-state index contributed by atoms with van der Waals surface area (Å²) in [5, 5.41) is 0.583. The monoisotopic (exact) mass is 267 g/mol. The van der Waals surface area contributed by atoms with E-state index in [9.17, 15) is 9.18 Å². The van der Waals surface area contributed by atoms with Crippen molar-refractivity contribution in [3.8, 4) is 0 Å². The van der Waals surface area contributed by atoms with Crippen molar-refractivity contribution in [1.29, 1.82) is 0 Å². The Labute approximate surface area is 112 Å². The van der Waals surface area contributed by atoms with E-state index in [0.29, 0.717) is 17.4 Å². The Bertz CT molecular complexity index is 424. The van der Waals surface area contributed by atoms with E-state index in [0.717, 1.165) is 18.8 Å². The molecule has 1 aromatic carbocycles. The van der Waals surface area contributed by atoms with Gasteiger partial charge < -0.3 is 0 Å². The third kappa shape index (κ3) is 3.82. The minimum atomic E-state index is -0.284. The van der Waals surface area contributed by atoms with E-state index in [-0.39, 0.29) is 18.0 Å². The average molecular weight is 267 g/mol. The minimum Gasteiger partial charge on any atom is -0.298 e. The Kier molecular flexibility index (Phi) is 4.78. The van der Waals surface area contributed by atoms with Crippen LogP contribution in [0.3, 0.4) is 0 Å². The summed E-state index contributed by atoms with van der Waals surface area (Å²) in [6, 6.07) is 6.50. The first-order chi connectivity index (χ1) is 8.65. The molecule has 1 aromatic rings. The molecule has 1 heterocycles. The number of halogens is 1. The second kappa shape index (κ2) is 6.34. The van der Waals surface area contributed by atoms with E-state index < -0.39 is 0 Å². The van der Waals surface area contributed by atoms with Gasteiger partial charge in [0.25, 0.3) is 0 Å². The van der Waals surface area contributed by atoms with Gasteiger partial charge in [-0.05, 0) is 11.6 Å². The first-order valence-electron chi connectivity index (χ1n) is 6.24. The van der Waals surface area contributed by atoms with E-state index in [1.165, 1.54) is 6.07 Å². The van der Waals surface area contributed by atoms with E-state index in [4.69, 9.17) is 0 Å². The lowest BCUT2D eigenvalue weighted by atomic mass is 10.1.